The molecule has 0 aliphatic rings. The molecule has 0 aliphatic carbocycles. The number of hydrogen-bond donors (Lipinski definition) is 3. The van der Waals surface area contributed by atoms with E-state index >= 15 is 4.39 Å². The summed E-state index contributed by atoms with van der Waals surface area (Å²) in [6.45, 7) is 16.8. The van der Waals surface area contributed by atoms with Gasteiger partial charge in [0.05, 0.1) is 31.1 Å². The Morgan fingerprint density at radius 2 is 1.62 bits per heavy atom. The smallest absolute Gasteiger partial charge is 0.407 e. The van der Waals surface area contributed by atoms with Crippen LogP contribution < -0.4 is 10.6 Å². The molecule has 0 spiro atoms. The molecule has 0 saturated carbocycles. The van der Waals surface area contributed by atoms with E-state index in [1.807, 2.05) is 55.7 Å². The minimum atomic E-state index is -2.60. The van der Waals surface area contributed by atoms with Crippen molar-refractivity contribution in [3.8, 4) is 11.1 Å². The van der Waals surface area contributed by atoms with E-state index in [1.54, 1.807) is 30.3 Å². The van der Waals surface area contributed by atoms with Crippen LogP contribution in [0.4, 0.5) is 18.4 Å². The first-order valence-corrected chi connectivity index (χ1v) is 29.7. The van der Waals surface area contributed by atoms with Crippen LogP contribution in [0.5, 0.6) is 0 Å². The van der Waals surface area contributed by atoms with Crippen LogP contribution in [0.15, 0.2) is 60.8 Å². The van der Waals surface area contributed by atoms with Crippen LogP contribution in [0.2, 0.25) is 44.8 Å². The Labute approximate surface area is 382 Å². The summed E-state index contributed by atoms with van der Waals surface area (Å²) in [4.78, 5) is 77.1. The normalized spacial score (nSPS) is 12.8. The summed E-state index contributed by atoms with van der Waals surface area (Å²) >= 11 is 1.24. The molecule has 1 heterocycles. The number of alkyl carbamates (subject to hydrolysis) is 1. The van der Waals surface area contributed by atoms with Crippen molar-refractivity contribution in [1.82, 2.24) is 20.1 Å². The third-order valence-corrected chi connectivity index (χ3v) is 15.7. The molecular weight excluding hydrogens is 879 g/mol. The average Bonchev–Trinajstić information content (AvgIpc) is 3.61. The van der Waals surface area contributed by atoms with Crippen molar-refractivity contribution in [2.45, 2.75) is 110 Å². The summed E-state index contributed by atoms with van der Waals surface area (Å²) < 4.78 is 42.3. The van der Waals surface area contributed by atoms with E-state index in [0.29, 0.717) is 37.1 Å². The van der Waals surface area contributed by atoms with Gasteiger partial charge in [-0.2, -0.15) is 11.8 Å². The predicted molar refractivity (Wildman–Crippen MR) is 252 cm³/mol. The lowest BCUT2D eigenvalue weighted by Gasteiger charge is -2.41. The molecule has 2 aromatic carbocycles. The quantitative estimate of drug-likeness (QED) is 0.0305. The van der Waals surface area contributed by atoms with E-state index in [9.17, 15) is 38.3 Å². The molecule has 64 heavy (non-hydrogen) atoms. The highest BCUT2D eigenvalue weighted by Gasteiger charge is 2.37. The second kappa shape index (κ2) is 25.0. The van der Waals surface area contributed by atoms with Crippen molar-refractivity contribution in [2.24, 2.45) is 5.41 Å². The van der Waals surface area contributed by atoms with Gasteiger partial charge in [0.1, 0.15) is 17.9 Å². The lowest BCUT2D eigenvalue weighted by atomic mass is 9.83. The number of nitrogens with zero attached hydrogens (tertiary/aromatic N) is 2. The molecule has 3 aromatic rings. The summed E-state index contributed by atoms with van der Waals surface area (Å²) in [7, 11) is -3.98. The van der Waals surface area contributed by atoms with E-state index in [2.05, 4.69) is 30.3 Å². The number of esters is 1. The highest BCUT2D eigenvalue weighted by molar-refractivity contribution is 7.99. The Morgan fingerprint density at radius 1 is 0.938 bits per heavy atom. The molecule has 2 atom stereocenters. The number of carboxylic acid groups (broad SMARTS) is 1. The molecule has 0 aliphatic heterocycles. The maximum atomic E-state index is 15.3. The molecular formula is C46H66F2N4O9SSi2. The summed E-state index contributed by atoms with van der Waals surface area (Å²) in [5, 5.41) is 14.8. The Hall–Kier alpha value is -4.82. The van der Waals surface area contributed by atoms with Gasteiger partial charge in [-0.05, 0) is 60.2 Å². The lowest BCUT2D eigenvalue weighted by molar-refractivity contribution is -0.143. The fourth-order valence-electron chi connectivity index (χ4n) is 6.68. The van der Waals surface area contributed by atoms with Gasteiger partial charge in [0.2, 0.25) is 11.8 Å². The van der Waals surface area contributed by atoms with Crippen molar-refractivity contribution in [3.63, 3.8) is 0 Å². The number of nitrogens with one attached hydrogen (secondary N) is 2. The van der Waals surface area contributed by atoms with Crippen LogP contribution in [0, 0.1) is 17.0 Å². The van der Waals surface area contributed by atoms with Gasteiger partial charge in [-0.1, -0.05) is 83.8 Å². The zero-order valence-corrected chi connectivity index (χ0v) is 41.3. The Bertz CT molecular complexity index is 2040. The molecule has 0 saturated heterocycles. The zero-order chi connectivity index (χ0) is 47.7. The monoisotopic (exact) mass is 944 g/mol. The molecule has 3 N–H and O–H groups in total. The first-order valence-electron chi connectivity index (χ1n) is 21.6. The third-order valence-electron chi connectivity index (χ3n) is 10.5. The number of amides is 3. The maximum absolute atomic E-state index is 15.3. The minimum absolute atomic E-state index is 0.00625. The fraction of sp³-hybridized carbons (Fsp3) is 0.522. The van der Waals surface area contributed by atoms with Crippen LogP contribution in [-0.4, -0.2) is 110 Å². The number of carbonyl (C=O) groups is 6. The topological polar surface area (TPSA) is 173 Å². The van der Waals surface area contributed by atoms with Crippen molar-refractivity contribution >= 4 is 63.7 Å². The first-order chi connectivity index (χ1) is 30.0. The largest absolute Gasteiger partial charge is 0.486 e. The second-order valence-corrected chi connectivity index (χ2v) is 30.2. The Morgan fingerprint density at radius 3 is 2.27 bits per heavy atom. The van der Waals surface area contributed by atoms with Gasteiger partial charge in [0.25, 0.3) is 5.59 Å². The highest BCUT2D eigenvalue weighted by atomic mass is 32.2. The van der Waals surface area contributed by atoms with Crippen LogP contribution in [-0.2, 0) is 35.2 Å². The maximum Gasteiger partial charge on any atom is 0.407 e. The number of rotatable bonds is 26. The van der Waals surface area contributed by atoms with Crippen LogP contribution >= 0.6 is 11.8 Å². The molecule has 352 valence electrons. The van der Waals surface area contributed by atoms with Crippen LogP contribution in [0.3, 0.4) is 0 Å². The van der Waals surface area contributed by atoms with E-state index < -0.39 is 68.8 Å². The molecule has 0 bridgehead atoms. The second-order valence-electron chi connectivity index (χ2n) is 18.8. The summed E-state index contributed by atoms with van der Waals surface area (Å²) in [5.74, 6) is -2.08. The summed E-state index contributed by atoms with van der Waals surface area (Å²) in [6, 6.07) is 14.2. The van der Waals surface area contributed by atoms with Crippen molar-refractivity contribution < 1.29 is 52.1 Å². The molecule has 1 aromatic heterocycles. The molecule has 0 radical (unpaired) electrons. The number of aromatic nitrogens is 1. The molecule has 18 heteroatoms. The Balaban J connectivity index is 1.82. The van der Waals surface area contributed by atoms with E-state index in [4.69, 9.17) is 9.47 Å². The van der Waals surface area contributed by atoms with Crippen molar-refractivity contribution in [1.29, 1.82) is 0 Å². The van der Waals surface area contributed by atoms with E-state index in [0.717, 1.165) is 29.8 Å². The third kappa shape index (κ3) is 18.3. The first kappa shape index (κ1) is 53.5. The van der Waals surface area contributed by atoms with Gasteiger partial charge in [-0.3, -0.25) is 19.2 Å². The molecule has 13 nitrogen and oxygen atoms in total. The minimum Gasteiger partial charge on any atom is -0.486 e. The van der Waals surface area contributed by atoms with Crippen molar-refractivity contribution in [3.05, 3.63) is 83.7 Å². The number of benzene rings is 2. The summed E-state index contributed by atoms with van der Waals surface area (Å²) in [5.41, 5.74) is 0.614. The van der Waals surface area contributed by atoms with Gasteiger partial charge in [-0.15, -0.1) is 0 Å². The standard InChI is InChI=1S/C46H66F2N4O9SSi2/c1-46(2,3)43(39-27-34(37-28-35(47)15-17-38(37)48)30-51(39)29-33-13-10-9-11-14-33)52(21-12-20-49-44(57)61-23-26-64(7,8)45(58)59)41(55)32-62-24-19-40(54)50-36(31-53)16-18-42(56)60-22-25-63(4,5)6/h9-11,13-15,17,27-28,30-31,36,43H,12,16,18-26,29,32H2,1-8H3,(H,49,57)(H,50,54)(H,58,59)/t36-,43-/m0/s1. The molecule has 0 unspecified atom stereocenters. The van der Waals surface area contributed by atoms with Gasteiger partial charge < -0.3 is 39.5 Å². The summed E-state index contributed by atoms with van der Waals surface area (Å²) in [6.07, 6.45) is 2.04. The number of carbonyl (C=O) groups excluding carboxylic acids is 5. The number of ether oxygens (including phenoxy) is 2. The van der Waals surface area contributed by atoms with Gasteiger partial charge >= 0.3 is 12.1 Å². The molecule has 3 amide bonds. The number of thioether (sulfide) groups is 1. The van der Waals surface area contributed by atoms with E-state index in [1.165, 1.54) is 11.8 Å². The SMILES string of the molecule is CC(C)(C)[C@H](c1cc(-c2cc(F)ccc2F)cn1Cc1ccccc1)N(CCCNC(=O)OCC[Si](C)(C)C(=O)O)C(=O)CSCCC(=O)N[C@H](C=O)CCC(=O)OCC[Si](C)(C)C. The van der Waals surface area contributed by atoms with Crippen LogP contribution in [0.1, 0.15) is 63.8 Å². The zero-order valence-electron chi connectivity index (χ0n) is 38.5. The number of hydrogen-bond acceptors (Lipinski definition) is 9. The predicted octanol–water partition coefficient (Wildman–Crippen LogP) is 8.95. The van der Waals surface area contributed by atoms with Crippen LogP contribution in [0.25, 0.3) is 11.1 Å². The number of halogens is 2. The van der Waals surface area contributed by atoms with Crippen molar-refractivity contribution in [2.75, 3.05) is 37.8 Å². The Kier molecular flexibility index (Phi) is 20.9. The average molecular weight is 945 g/mol. The van der Waals surface area contributed by atoms with Gasteiger partial charge in [0, 0.05) is 69.3 Å². The highest BCUT2D eigenvalue weighted by Crippen LogP contribution is 2.41. The lowest BCUT2D eigenvalue weighted by Crippen LogP contribution is -2.44. The fourth-order valence-corrected chi connectivity index (χ4v) is 9.04. The van der Waals surface area contributed by atoms with E-state index in [-0.39, 0.29) is 68.0 Å². The van der Waals surface area contributed by atoms with Gasteiger partial charge in [-0.25, -0.2) is 13.6 Å². The van der Waals surface area contributed by atoms with Gasteiger partial charge in [0.15, 0.2) is 8.07 Å². The number of aldehydes is 1. The molecule has 0 fully saturated rings. The molecule has 3 rings (SSSR count).